The van der Waals surface area contributed by atoms with Crippen molar-refractivity contribution in [3.8, 4) is 0 Å². The molecule has 0 aromatic carbocycles. The average Bonchev–Trinajstić information content (AvgIpc) is 2.73. The Morgan fingerprint density at radius 2 is 1.94 bits per heavy atom. The fourth-order valence-corrected chi connectivity index (χ4v) is 2.99. The van der Waals surface area contributed by atoms with E-state index in [1.807, 2.05) is 0 Å². The van der Waals surface area contributed by atoms with Gasteiger partial charge in [0.15, 0.2) is 0 Å². The molecule has 2 unspecified atom stereocenters. The number of piperidine rings is 1. The molecule has 16 heavy (non-hydrogen) atoms. The molecule has 2 heterocycles. The highest BCUT2D eigenvalue weighted by Gasteiger charge is 2.27. The van der Waals surface area contributed by atoms with Crippen LogP contribution in [0.4, 0.5) is 0 Å². The lowest BCUT2D eigenvalue weighted by atomic mass is 10.0. The van der Waals surface area contributed by atoms with Gasteiger partial charge in [-0.25, -0.2) is 0 Å². The first-order valence-electron chi connectivity index (χ1n) is 6.89. The van der Waals surface area contributed by atoms with Crippen molar-refractivity contribution in [2.45, 2.75) is 57.8 Å². The molecule has 0 bridgehead atoms. The van der Waals surface area contributed by atoms with Crippen LogP contribution < -0.4 is 5.32 Å². The van der Waals surface area contributed by atoms with Crippen molar-refractivity contribution >= 4 is 0 Å². The van der Waals surface area contributed by atoms with Gasteiger partial charge in [-0.15, -0.1) is 0 Å². The van der Waals surface area contributed by atoms with Gasteiger partial charge in [0.25, 0.3) is 0 Å². The number of likely N-dealkylation sites (N-methyl/N-ethyl adjacent to an activating group) is 1. The molecule has 3 heteroatoms. The number of hydrogen-bond donors (Lipinski definition) is 1. The molecular weight excluding hydrogens is 200 g/mol. The zero-order chi connectivity index (χ0) is 11.4. The molecule has 1 N–H and O–H groups in total. The molecule has 2 saturated heterocycles. The molecule has 2 aliphatic heterocycles. The van der Waals surface area contributed by atoms with Crippen LogP contribution in [0.25, 0.3) is 0 Å². The van der Waals surface area contributed by atoms with E-state index in [-0.39, 0.29) is 0 Å². The molecule has 0 saturated carbocycles. The van der Waals surface area contributed by atoms with E-state index in [1.165, 1.54) is 45.3 Å². The SMILES string of the molecule is CCN(CC1CCC(C)O1)C1CCNCC1. The van der Waals surface area contributed by atoms with Crippen LogP contribution >= 0.6 is 0 Å². The van der Waals surface area contributed by atoms with Gasteiger partial charge in [0, 0.05) is 12.6 Å². The summed E-state index contributed by atoms with van der Waals surface area (Å²) in [7, 11) is 0. The minimum absolute atomic E-state index is 0.483. The van der Waals surface area contributed by atoms with Gasteiger partial charge in [-0.2, -0.15) is 0 Å². The van der Waals surface area contributed by atoms with Crippen molar-refractivity contribution in [3.63, 3.8) is 0 Å². The standard InChI is InChI=1S/C13H26N2O/c1-3-15(12-6-8-14-9-7-12)10-13-5-4-11(2)16-13/h11-14H,3-10H2,1-2H3. The summed E-state index contributed by atoms with van der Waals surface area (Å²) >= 11 is 0. The van der Waals surface area contributed by atoms with Gasteiger partial charge in [-0.3, -0.25) is 4.90 Å². The number of hydrogen-bond acceptors (Lipinski definition) is 3. The minimum atomic E-state index is 0.483. The number of nitrogens with one attached hydrogen (secondary N) is 1. The largest absolute Gasteiger partial charge is 0.374 e. The van der Waals surface area contributed by atoms with Gasteiger partial charge >= 0.3 is 0 Å². The molecule has 0 radical (unpaired) electrons. The van der Waals surface area contributed by atoms with Gasteiger partial charge in [0.05, 0.1) is 12.2 Å². The van der Waals surface area contributed by atoms with E-state index in [2.05, 4.69) is 24.1 Å². The Hall–Kier alpha value is -0.120. The lowest BCUT2D eigenvalue weighted by Crippen LogP contribution is -2.45. The summed E-state index contributed by atoms with van der Waals surface area (Å²) in [6.45, 7) is 9.15. The monoisotopic (exact) mass is 226 g/mol. The topological polar surface area (TPSA) is 24.5 Å². The van der Waals surface area contributed by atoms with E-state index in [4.69, 9.17) is 4.74 Å². The van der Waals surface area contributed by atoms with Crippen molar-refractivity contribution in [1.29, 1.82) is 0 Å². The zero-order valence-electron chi connectivity index (χ0n) is 10.7. The van der Waals surface area contributed by atoms with Gasteiger partial charge in [0.2, 0.25) is 0 Å². The Kier molecular flexibility index (Phi) is 4.62. The molecule has 0 aromatic heterocycles. The molecule has 2 aliphatic rings. The second-order valence-electron chi connectivity index (χ2n) is 5.21. The normalized spacial score (nSPS) is 32.4. The van der Waals surface area contributed by atoms with E-state index in [0.717, 1.165) is 12.6 Å². The number of rotatable bonds is 4. The van der Waals surface area contributed by atoms with Gasteiger partial charge < -0.3 is 10.1 Å². The van der Waals surface area contributed by atoms with E-state index >= 15 is 0 Å². The Labute approximate surface area is 99.5 Å². The van der Waals surface area contributed by atoms with Crippen molar-refractivity contribution in [2.24, 2.45) is 0 Å². The fraction of sp³-hybridized carbons (Fsp3) is 1.00. The predicted molar refractivity (Wildman–Crippen MR) is 66.7 cm³/mol. The van der Waals surface area contributed by atoms with Gasteiger partial charge in [0.1, 0.15) is 0 Å². The van der Waals surface area contributed by atoms with Crippen LogP contribution in [0.5, 0.6) is 0 Å². The molecule has 2 atom stereocenters. The van der Waals surface area contributed by atoms with Crippen LogP contribution in [0.2, 0.25) is 0 Å². The highest BCUT2D eigenvalue weighted by atomic mass is 16.5. The Morgan fingerprint density at radius 1 is 1.19 bits per heavy atom. The highest BCUT2D eigenvalue weighted by molar-refractivity contribution is 4.81. The summed E-state index contributed by atoms with van der Waals surface area (Å²) in [6, 6.07) is 0.783. The van der Waals surface area contributed by atoms with Crippen LogP contribution in [0.1, 0.15) is 39.5 Å². The third-order valence-electron chi connectivity index (χ3n) is 3.99. The summed E-state index contributed by atoms with van der Waals surface area (Å²) in [5.41, 5.74) is 0. The second kappa shape index (κ2) is 5.99. The zero-order valence-corrected chi connectivity index (χ0v) is 10.7. The average molecular weight is 226 g/mol. The maximum atomic E-state index is 5.93. The molecule has 2 rings (SSSR count). The van der Waals surface area contributed by atoms with Crippen LogP contribution in [-0.4, -0.2) is 49.3 Å². The van der Waals surface area contributed by atoms with Gasteiger partial charge in [-0.05, 0) is 52.2 Å². The summed E-state index contributed by atoms with van der Waals surface area (Å²) in [4.78, 5) is 2.63. The van der Waals surface area contributed by atoms with E-state index in [1.54, 1.807) is 0 Å². The van der Waals surface area contributed by atoms with E-state index in [9.17, 15) is 0 Å². The molecule has 3 nitrogen and oxygen atoms in total. The van der Waals surface area contributed by atoms with E-state index < -0.39 is 0 Å². The first-order valence-corrected chi connectivity index (χ1v) is 6.89. The maximum Gasteiger partial charge on any atom is 0.0706 e. The molecule has 0 aliphatic carbocycles. The molecule has 94 valence electrons. The molecule has 0 amide bonds. The highest BCUT2D eigenvalue weighted by Crippen LogP contribution is 2.22. The first-order chi connectivity index (χ1) is 7.79. The van der Waals surface area contributed by atoms with Crippen LogP contribution in [0, 0.1) is 0 Å². The number of nitrogens with zero attached hydrogens (tertiary/aromatic N) is 1. The van der Waals surface area contributed by atoms with Crippen molar-refractivity contribution < 1.29 is 4.74 Å². The Morgan fingerprint density at radius 3 is 2.50 bits per heavy atom. The summed E-state index contributed by atoms with van der Waals surface area (Å²) < 4.78 is 5.93. The number of ether oxygens (including phenoxy) is 1. The predicted octanol–water partition coefficient (Wildman–Crippen LogP) is 1.63. The minimum Gasteiger partial charge on any atom is -0.374 e. The second-order valence-corrected chi connectivity index (χ2v) is 5.21. The summed E-state index contributed by atoms with van der Waals surface area (Å²) in [5, 5.41) is 3.44. The molecular formula is C13H26N2O. The first kappa shape index (κ1) is 12.3. The van der Waals surface area contributed by atoms with Crippen molar-refractivity contribution in [2.75, 3.05) is 26.2 Å². The molecule has 2 fully saturated rings. The van der Waals surface area contributed by atoms with Crippen molar-refractivity contribution in [3.05, 3.63) is 0 Å². The Balaban J connectivity index is 1.80. The fourth-order valence-electron chi connectivity index (χ4n) is 2.99. The Bertz CT molecular complexity index is 204. The lowest BCUT2D eigenvalue weighted by Gasteiger charge is -2.35. The van der Waals surface area contributed by atoms with Crippen LogP contribution in [-0.2, 0) is 4.74 Å². The third kappa shape index (κ3) is 3.19. The van der Waals surface area contributed by atoms with Crippen LogP contribution in [0.15, 0.2) is 0 Å². The van der Waals surface area contributed by atoms with Gasteiger partial charge in [-0.1, -0.05) is 6.92 Å². The van der Waals surface area contributed by atoms with E-state index in [0.29, 0.717) is 12.2 Å². The van der Waals surface area contributed by atoms with Crippen LogP contribution in [0.3, 0.4) is 0 Å². The summed E-state index contributed by atoms with van der Waals surface area (Å²) in [6.07, 6.45) is 6.07. The third-order valence-corrected chi connectivity index (χ3v) is 3.99. The van der Waals surface area contributed by atoms with Crippen molar-refractivity contribution in [1.82, 2.24) is 10.2 Å². The quantitative estimate of drug-likeness (QED) is 0.788. The lowest BCUT2D eigenvalue weighted by molar-refractivity contribution is 0.0190. The summed E-state index contributed by atoms with van der Waals surface area (Å²) in [5.74, 6) is 0. The molecule has 0 aromatic rings. The molecule has 0 spiro atoms. The maximum absolute atomic E-state index is 5.93. The smallest absolute Gasteiger partial charge is 0.0706 e.